The van der Waals surface area contributed by atoms with E-state index in [0.29, 0.717) is 33.6 Å². The van der Waals surface area contributed by atoms with Crippen molar-refractivity contribution in [1.29, 1.82) is 0 Å². The number of ether oxygens (including phenoxy) is 2. The molecule has 3 N–H and O–H groups in total. The quantitative estimate of drug-likeness (QED) is 0.331. The van der Waals surface area contributed by atoms with Gasteiger partial charge in [0.1, 0.15) is 11.5 Å². The predicted octanol–water partition coefficient (Wildman–Crippen LogP) is 5.19. The van der Waals surface area contributed by atoms with E-state index in [1.165, 1.54) is 44.6 Å². The molecular formula is C23H20ClN3O6S. The molecule has 0 aliphatic rings. The second-order valence-electron chi connectivity index (χ2n) is 6.82. The number of urea groups is 1. The zero-order chi connectivity index (χ0) is 24.8. The maximum Gasteiger partial charge on any atom is 0.336 e. The summed E-state index contributed by atoms with van der Waals surface area (Å²) < 4.78 is 11.5. The number of hydrogen-bond acceptors (Lipinski definition) is 6. The molecule has 0 atom stereocenters. The lowest BCUT2D eigenvalue weighted by Crippen LogP contribution is -2.27. The maximum atomic E-state index is 12.7. The highest BCUT2D eigenvalue weighted by atomic mass is 35.5. The largest absolute Gasteiger partial charge is 0.495 e. The molecule has 0 saturated carbocycles. The number of thiol groups is 1. The van der Waals surface area contributed by atoms with Gasteiger partial charge in [-0.15, -0.1) is 0 Å². The standard InChI is InChI=1S/C23H20ClN3O6S/c1-32-19-12-20(33-2)18(11-17(19)24)26-23(31)27(34)16-8-6-15(7-9-16)25-21(28)13-4-3-5-14(10-13)22(29)30/h3-12,34H,1-2H3,(H,25,28)(H,26,31)(H,29,30). The minimum absolute atomic E-state index is 0.00880. The first-order chi connectivity index (χ1) is 16.2. The molecule has 34 heavy (non-hydrogen) atoms. The van der Waals surface area contributed by atoms with Gasteiger partial charge in [0, 0.05) is 17.3 Å². The van der Waals surface area contributed by atoms with Crippen molar-refractivity contribution in [3.63, 3.8) is 0 Å². The predicted molar refractivity (Wildman–Crippen MR) is 133 cm³/mol. The number of carbonyl (C=O) groups excluding carboxylic acids is 2. The molecule has 0 fully saturated rings. The fraction of sp³-hybridized carbons (Fsp3) is 0.0870. The van der Waals surface area contributed by atoms with Crippen molar-refractivity contribution in [3.8, 4) is 11.5 Å². The first kappa shape index (κ1) is 24.7. The number of aromatic carboxylic acids is 1. The number of rotatable bonds is 7. The summed E-state index contributed by atoms with van der Waals surface area (Å²) in [6, 6.07) is 14.5. The molecular weight excluding hydrogens is 482 g/mol. The Bertz CT molecular complexity index is 1240. The number of carboxylic acid groups (broad SMARTS) is 1. The van der Waals surface area contributed by atoms with Crippen LogP contribution in [0.5, 0.6) is 11.5 Å². The number of methoxy groups -OCH3 is 2. The van der Waals surface area contributed by atoms with Crippen molar-refractivity contribution in [2.45, 2.75) is 0 Å². The number of benzene rings is 3. The van der Waals surface area contributed by atoms with E-state index in [-0.39, 0.29) is 11.1 Å². The molecule has 0 radical (unpaired) electrons. The second-order valence-corrected chi connectivity index (χ2v) is 7.62. The van der Waals surface area contributed by atoms with Crippen molar-refractivity contribution >= 4 is 59.4 Å². The minimum atomic E-state index is -1.12. The molecule has 0 bridgehead atoms. The summed E-state index contributed by atoms with van der Waals surface area (Å²) in [5.74, 6) is -0.853. The molecule has 0 heterocycles. The Morgan fingerprint density at radius 2 is 1.56 bits per heavy atom. The number of carboxylic acids is 1. The van der Waals surface area contributed by atoms with E-state index in [2.05, 4.69) is 23.4 Å². The molecule has 0 aliphatic carbocycles. The molecule has 3 amide bonds. The first-order valence-electron chi connectivity index (χ1n) is 9.69. The third-order valence-corrected chi connectivity index (χ3v) is 5.36. The fourth-order valence-electron chi connectivity index (χ4n) is 2.93. The molecule has 3 aromatic rings. The molecule has 3 aromatic carbocycles. The second kappa shape index (κ2) is 10.8. The third kappa shape index (κ3) is 5.72. The molecule has 176 valence electrons. The van der Waals surface area contributed by atoms with Crippen molar-refractivity contribution in [2.75, 3.05) is 29.2 Å². The number of amides is 3. The van der Waals surface area contributed by atoms with Gasteiger partial charge in [-0.25, -0.2) is 13.9 Å². The molecule has 0 spiro atoms. The summed E-state index contributed by atoms with van der Waals surface area (Å²) in [6.45, 7) is 0. The van der Waals surface area contributed by atoms with Crippen LogP contribution in [0.1, 0.15) is 20.7 Å². The van der Waals surface area contributed by atoms with Crippen LogP contribution in [0.15, 0.2) is 60.7 Å². The topological polar surface area (TPSA) is 117 Å². The zero-order valence-corrected chi connectivity index (χ0v) is 19.7. The van der Waals surface area contributed by atoms with E-state index < -0.39 is 17.9 Å². The molecule has 0 saturated heterocycles. The third-order valence-electron chi connectivity index (χ3n) is 4.65. The number of carbonyl (C=O) groups is 3. The van der Waals surface area contributed by atoms with Crippen LogP contribution in [0, 0.1) is 0 Å². The lowest BCUT2D eigenvalue weighted by molar-refractivity contribution is 0.0697. The van der Waals surface area contributed by atoms with E-state index in [1.807, 2.05) is 0 Å². The summed E-state index contributed by atoms with van der Waals surface area (Å²) in [6.07, 6.45) is 0. The summed E-state index contributed by atoms with van der Waals surface area (Å²) >= 11 is 10.4. The normalized spacial score (nSPS) is 10.2. The van der Waals surface area contributed by atoms with Crippen molar-refractivity contribution < 1.29 is 29.0 Å². The van der Waals surface area contributed by atoms with Crippen LogP contribution in [0.4, 0.5) is 21.9 Å². The Morgan fingerprint density at radius 3 is 2.18 bits per heavy atom. The van der Waals surface area contributed by atoms with Crippen LogP contribution >= 0.6 is 24.4 Å². The van der Waals surface area contributed by atoms with Crippen LogP contribution in [-0.4, -0.2) is 37.2 Å². The van der Waals surface area contributed by atoms with Crippen molar-refractivity contribution in [3.05, 3.63) is 76.8 Å². The Labute approximate surface area is 205 Å². The number of hydrogen-bond donors (Lipinski definition) is 4. The molecule has 9 nitrogen and oxygen atoms in total. The van der Waals surface area contributed by atoms with Crippen molar-refractivity contribution in [2.24, 2.45) is 0 Å². The van der Waals surface area contributed by atoms with Gasteiger partial charge in [0.2, 0.25) is 0 Å². The zero-order valence-electron chi connectivity index (χ0n) is 18.0. The van der Waals surface area contributed by atoms with Gasteiger partial charge >= 0.3 is 12.0 Å². The van der Waals surface area contributed by atoms with Gasteiger partial charge in [-0.2, -0.15) is 0 Å². The highest BCUT2D eigenvalue weighted by molar-refractivity contribution is 7.82. The van der Waals surface area contributed by atoms with E-state index in [1.54, 1.807) is 30.3 Å². The highest BCUT2D eigenvalue weighted by Crippen LogP contribution is 2.36. The SMILES string of the molecule is COc1cc(OC)c(NC(=O)N(S)c2ccc(NC(=O)c3cccc(C(=O)O)c3)cc2)cc1Cl. The van der Waals surface area contributed by atoms with Crippen LogP contribution in [0.2, 0.25) is 5.02 Å². The summed E-state index contributed by atoms with van der Waals surface area (Å²) in [7, 11) is 2.91. The van der Waals surface area contributed by atoms with E-state index >= 15 is 0 Å². The monoisotopic (exact) mass is 501 g/mol. The summed E-state index contributed by atoms with van der Waals surface area (Å²) in [5.41, 5.74) is 1.40. The average Bonchev–Trinajstić information content (AvgIpc) is 2.84. The van der Waals surface area contributed by atoms with Gasteiger partial charge in [-0.3, -0.25) is 4.79 Å². The van der Waals surface area contributed by atoms with Gasteiger partial charge < -0.3 is 25.2 Å². The van der Waals surface area contributed by atoms with E-state index in [0.717, 1.165) is 4.31 Å². The fourth-order valence-corrected chi connectivity index (χ4v) is 3.35. The maximum absolute atomic E-state index is 12.7. The van der Waals surface area contributed by atoms with E-state index in [4.69, 9.17) is 26.2 Å². The van der Waals surface area contributed by atoms with Gasteiger partial charge in [0.25, 0.3) is 5.91 Å². The highest BCUT2D eigenvalue weighted by Gasteiger charge is 2.17. The lowest BCUT2D eigenvalue weighted by atomic mass is 10.1. The van der Waals surface area contributed by atoms with Crippen LogP contribution < -0.4 is 24.4 Å². The Hall–Kier alpha value is -3.89. The minimum Gasteiger partial charge on any atom is -0.495 e. The van der Waals surface area contributed by atoms with Gasteiger partial charge in [-0.05, 0) is 48.5 Å². The lowest BCUT2D eigenvalue weighted by Gasteiger charge is -2.19. The molecule has 0 aliphatic heterocycles. The smallest absolute Gasteiger partial charge is 0.336 e. The van der Waals surface area contributed by atoms with Crippen LogP contribution in [0.25, 0.3) is 0 Å². The average molecular weight is 502 g/mol. The number of nitrogens with one attached hydrogen (secondary N) is 2. The first-order valence-corrected chi connectivity index (χ1v) is 10.5. The molecule has 0 unspecified atom stereocenters. The Kier molecular flexibility index (Phi) is 7.87. The number of anilines is 3. The summed E-state index contributed by atoms with van der Waals surface area (Å²) in [4.78, 5) is 36.2. The Balaban J connectivity index is 1.69. The van der Waals surface area contributed by atoms with Gasteiger partial charge in [0.15, 0.2) is 0 Å². The molecule has 3 rings (SSSR count). The van der Waals surface area contributed by atoms with Crippen molar-refractivity contribution in [1.82, 2.24) is 0 Å². The summed E-state index contributed by atoms with van der Waals surface area (Å²) in [5, 5.41) is 14.7. The van der Waals surface area contributed by atoms with Crippen LogP contribution in [-0.2, 0) is 0 Å². The van der Waals surface area contributed by atoms with Gasteiger partial charge in [0.05, 0.1) is 36.2 Å². The molecule has 0 aromatic heterocycles. The molecule has 11 heteroatoms. The van der Waals surface area contributed by atoms with Crippen LogP contribution in [0.3, 0.4) is 0 Å². The number of halogens is 1. The Morgan fingerprint density at radius 1 is 0.912 bits per heavy atom. The van der Waals surface area contributed by atoms with Gasteiger partial charge in [-0.1, -0.05) is 30.5 Å². The number of nitrogens with zero attached hydrogens (tertiary/aromatic N) is 1. The van der Waals surface area contributed by atoms with E-state index in [9.17, 15) is 14.4 Å².